The molecule has 2 aliphatic rings. The number of carbonyl (C=O) groups is 1. The maximum Gasteiger partial charge on any atom is 0.186 e. The Morgan fingerprint density at radius 2 is 1.77 bits per heavy atom. The molecule has 2 rings (SSSR count). The van der Waals surface area contributed by atoms with Crippen molar-refractivity contribution < 1.29 is 39.8 Å². The minimum Gasteiger partial charge on any atom is -0.394 e. The van der Waals surface area contributed by atoms with Gasteiger partial charge in [-0.25, -0.2) is 0 Å². The Balaban J connectivity index is 1.81. The van der Waals surface area contributed by atoms with Gasteiger partial charge in [-0.2, -0.15) is 0 Å². The van der Waals surface area contributed by atoms with E-state index in [4.69, 9.17) is 14.6 Å². The Morgan fingerprint density at radius 1 is 1.14 bits per heavy atom. The minimum absolute atomic E-state index is 0.0629. The van der Waals surface area contributed by atoms with Crippen LogP contribution in [0.25, 0.3) is 0 Å². The van der Waals surface area contributed by atoms with E-state index in [1.165, 1.54) is 0 Å². The lowest BCUT2D eigenvalue weighted by molar-refractivity contribution is -0.302. The molecule has 1 saturated carbocycles. The van der Waals surface area contributed by atoms with E-state index in [2.05, 4.69) is 0 Å². The summed E-state index contributed by atoms with van der Waals surface area (Å²) in [6.07, 6.45) is -4.83. The number of aliphatic hydroxyl groups is 5. The van der Waals surface area contributed by atoms with Crippen LogP contribution >= 0.6 is 0 Å². The fourth-order valence-corrected chi connectivity index (χ4v) is 2.81. The van der Waals surface area contributed by atoms with Crippen molar-refractivity contribution in [3.05, 3.63) is 0 Å². The Kier molecular flexibility index (Phi) is 5.89. The van der Waals surface area contributed by atoms with Gasteiger partial charge in [-0.1, -0.05) is 0 Å². The number of rotatable bonds is 5. The number of Topliss-reactive ketones (excluding diaryl/α,β-unsaturated/α-hetero) is 1. The minimum atomic E-state index is -1.48. The van der Waals surface area contributed by atoms with Gasteiger partial charge in [0.2, 0.25) is 0 Å². The van der Waals surface area contributed by atoms with E-state index in [1.54, 1.807) is 0 Å². The molecule has 128 valence electrons. The lowest BCUT2D eigenvalue weighted by Gasteiger charge is -2.40. The summed E-state index contributed by atoms with van der Waals surface area (Å²) >= 11 is 0. The van der Waals surface area contributed by atoms with Crippen molar-refractivity contribution in [3.63, 3.8) is 0 Å². The molecule has 0 radical (unpaired) electrons. The first-order valence-corrected chi connectivity index (χ1v) is 7.52. The predicted molar refractivity (Wildman–Crippen MR) is 72.8 cm³/mol. The van der Waals surface area contributed by atoms with E-state index in [0.29, 0.717) is 25.7 Å². The number of ether oxygens (including phenoxy) is 2. The summed E-state index contributed by atoms with van der Waals surface area (Å²) in [7, 11) is 0. The smallest absolute Gasteiger partial charge is 0.186 e. The highest BCUT2D eigenvalue weighted by Gasteiger charge is 2.44. The van der Waals surface area contributed by atoms with Crippen molar-refractivity contribution in [1.29, 1.82) is 0 Å². The van der Waals surface area contributed by atoms with Gasteiger partial charge in [0.1, 0.15) is 30.2 Å². The van der Waals surface area contributed by atoms with E-state index < -0.39 is 42.9 Å². The van der Waals surface area contributed by atoms with Gasteiger partial charge < -0.3 is 35.0 Å². The number of carbonyl (C=O) groups excluding carboxylic acids is 1. The molecule has 2 fully saturated rings. The van der Waals surface area contributed by atoms with E-state index in [1.807, 2.05) is 0 Å². The Hall–Kier alpha value is -0.610. The zero-order chi connectivity index (χ0) is 16.3. The largest absolute Gasteiger partial charge is 0.394 e. The first-order chi connectivity index (χ1) is 10.4. The summed E-state index contributed by atoms with van der Waals surface area (Å²) < 4.78 is 10.5. The second kappa shape index (κ2) is 7.31. The average molecular weight is 320 g/mol. The first kappa shape index (κ1) is 17.7. The molecule has 0 bridgehead atoms. The fraction of sp³-hybridized carbons (Fsp3) is 0.929. The van der Waals surface area contributed by atoms with Crippen LogP contribution in [0.4, 0.5) is 0 Å². The lowest BCUT2D eigenvalue weighted by Crippen LogP contribution is -2.59. The highest BCUT2D eigenvalue weighted by molar-refractivity contribution is 5.79. The summed E-state index contributed by atoms with van der Waals surface area (Å²) in [4.78, 5) is 11.2. The normalized spacial score (nSPS) is 39.0. The number of hydrogen-bond acceptors (Lipinski definition) is 8. The average Bonchev–Trinajstić information content (AvgIpc) is 2.50. The third-order valence-corrected chi connectivity index (χ3v) is 4.44. The van der Waals surface area contributed by atoms with Crippen molar-refractivity contribution in [2.24, 2.45) is 0 Å². The predicted octanol–water partition coefficient (Wildman–Crippen LogP) is -1.93. The van der Waals surface area contributed by atoms with Gasteiger partial charge in [0.05, 0.1) is 18.8 Å². The van der Waals surface area contributed by atoms with Crippen LogP contribution < -0.4 is 0 Å². The Labute approximate surface area is 128 Å². The summed E-state index contributed by atoms with van der Waals surface area (Å²) in [5.41, 5.74) is -0.970. The molecule has 8 heteroatoms. The molecule has 0 aromatic heterocycles. The summed E-state index contributed by atoms with van der Waals surface area (Å²) in [6, 6.07) is 0. The number of hydrogen-bond donors (Lipinski definition) is 5. The molecule has 0 unspecified atom stereocenters. The molecule has 5 N–H and O–H groups in total. The molecular formula is C14H24O8. The molecule has 8 nitrogen and oxygen atoms in total. The molecule has 0 aromatic rings. The van der Waals surface area contributed by atoms with Crippen LogP contribution in [-0.2, 0) is 14.3 Å². The highest BCUT2D eigenvalue weighted by atomic mass is 16.7. The van der Waals surface area contributed by atoms with Crippen molar-refractivity contribution in [1.82, 2.24) is 0 Å². The third kappa shape index (κ3) is 4.02. The monoisotopic (exact) mass is 320 g/mol. The van der Waals surface area contributed by atoms with Crippen molar-refractivity contribution >= 4 is 5.78 Å². The molecule has 5 atom stereocenters. The zero-order valence-corrected chi connectivity index (χ0v) is 12.3. The fourth-order valence-electron chi connectivity index (χ4n) is 2.81. The van der Waals surface area contributed by atoms with Gasteiger partial charge in [-0.3, -0.25) is 4.79 Å². The molecule has 1 aliphatic heterocycles. The second-order valence-electron chi connectivity index (χ2n) is 6.08. The zero-order valence-electron chi connectivity index (χ0n) is 12.3. The van der Waals surface area contributed by atoms with Gasteiger partial charge in [0.15, 0.2) is 6.29 Å². The van der Waals surface area contributed by atoms with Gasteiger partial charge >= 0.3 is 0 Å². The summed E-state index contributed by atoms with van der Waals surface area (Å²) in [5.74, 6) is 0.138. The van der Waals surface area contributed by atoms with Crippen LogP contribution in [0, 0.1) is 0 Å². The summed E-state index contributed by atoms with van der Waals surface area (Å²) in [6.45, 7) is -0.454. The van der Waals surface area contributed by atoms with Gasteiger partial charge in [0, 0.05) is 12.8 Å². The quantitative estimate of drug-likeness (QED) is 0.395. The lowest BCUT2D eigenvalue weighted by atomic mass is 9.82. The van der Waals surface area contributed by atoms with E-state index in [-0.39, 0.29) is 18.8 Å². The molecule has 22 heavy (non-hydrogen) atoms. The molecule has 1 aliphatic carbocycles. The van der Waals surface area contributed by atoms with Crippen molar-refractivity contribution in [2.45, 2.75) is 68.4 Å². The maximum absolute atomic E-state index is 11.2. The van der Waals surface area contributed by atoms with E-state index >= 15 is 0 Å². The molecule has 0 aromatic carbocycles. The van der Waals surface area contributed by atoms with Gasteiger partial charge in [-0.05, 0) is 19.3 Å². The number of aliphatic hydroxyl groups excluding tert-OH is 4. The standard InChI is InChI=1S/C14H24O8/c15-7-9-10(17)11(18)12(19)13(22-9)21-6-5-14(20)3-1-8(16)2-4-14/h9-13,15,17-20H,1-7H2/t9-,10-,11+,12-,13+/m1/s1. The Bertz CT molecular complexity index is 375. The third-order valence-electron chi connectivity index (χ3n) is 4.44. The maximum atomic E-state index is 11.2. The summed E-state index contributed by atoms with van der Waals surface area (Å²) in [5, 5.41) is 48.5. The van der Waals surface area contributed by atoms with Crippen LogP contribution in [0.3, 0.4) is 0 Å². The molecule has 1 heterocycles. The number of ketones is 1. The van der Waals surface area contributed by atoms with Gasteiger partial charge in [0.25, 0.3) is 0 Å². The van der Waals surface area contributed by atoms with E-state index in [0.717, 1.165) is 0 Å². The van der Waals surface area contributed by atoms with Crippen molar-refractivity contribution in [3.8, 4) is 0 Å². The highest BCUT2D eigenvalue weighted by Crippen LogP contribution is 2.30. The Morgan fingerprint density at radius 3 is 2.36 bits per heavy atom. The van der Waals surface area contributed by atoms with Crippen LogP contribution in [0.15, 0.2) is 0 Å². The van der Waals surface area contributed by atoms with Crippen LogP contribution in [0.2, 0.25) is 0 Å². The first-order valence-electron chi connectivity index (χ1n) is 7.52. The van der Waals surface area contributed by atoms with Crippen LogP contribution in [-0.4, -0.2) is 80.8 Å². The SMILES string of the molecule is O=C1CCC(O)(CCO[C@H]2O[C@H](CO)[C@@H](O)[C@H](O)[C@H]2O)CC1. The van der Waals surface area contributed by atoms with E-state index in [9.17, 15) is 25.2 Å². The molecule has 1 saturated heterocycles. The molecule has 0 amide bonds. The second-order valence-corrected chi connectivity index (χ2v) is 6.08. The van der Waals surface area contributed by atoms with Crippen molar-refractivity contribution in [2.75, 3.05) is 13.2 Å². The van der Waals surface area contributed by atoms with Crippen LogP contribution in [0.5, 0.6) is 0 Å². The van der Waals surface area contributed by atoms with Gasteiger partial charge in [-0.15, -0.1) is 0 Å². The molecular weight excluding hydrogens is 296 g/mol. The topological polar surface area (TPSA) is 137 Å². The molecule has 0 spiro atoms. The van der Waals surface area contributed by atoms with Crippen LogP contribution in [0.1, 0.15) is 32.1 Å².